The molecule has 4 heteroatoms. The zero-order chi connectivity index (χ0) is 11.0. The first-order valence-electron chi connectivity index (χ1n) is 4.83. The summed E-state index contributed by atoms with van der Waals surface area (Å²) in [6, 6.07) is 6.03. The molecule has 1 aromatic carbocycles. The number of fused-ring (bicyclic) bond motifs is 1. The maximum atomic E-state index is 11.5. The van der Waals surface area contributed by atoms with Gasteiger partial charge in [-0.2, -0.15) is 0 Å². The highest BCUT2D eigenvalue weighted by Crippen LogP contribution is 2.22. The van der Waals surface area contributed by atoms with Gasteiger partial charge in [-0.3, -0.25) is 4.79 Å². The number of hydrogen-bond acceptors (Lipinski definition) is 3. The van der Waals surface area contributed by atoms with Crippen LogP contribution in [-0.4, -0.2) is 11.8 Å². The van der Waals surface area contributed by atoms with E-state index in [2.05, 4.69) is 19.9 Å². The Balaban J connectivity index is 2.70. The van der Waals surface area contributed by atoms with Crippen LogP contribution in [0.4, 0.5) is 0 Å². The molecule has 0 fully saturated rings. The topological polar surface area (TPSA) is 31.2 Å². The molecule has 0 bridgehead atoms. The molecule has 0 aliphatic heterocycles. The van der Waals surface area contributed by atoms with E-state index in [9.17, 15) is 4.79 Å². The third kappa shape index (κ3) is 1.65. The van der Waals surface area contributed by atoms with E-state index in [1.807, 2.05) is 12.1 Å². The van der Waals surface area contributed by atoms with Gasteiger partial charge in [0.2, 0.25) is 0 Å². The molecule has 0 amide bonds. The molecule has 0 N–H and O–H groups in total. The molecule has 0 saturated heterocycles. The molecule has 0 aliphatic rings. The molecular formula is C11H13NO2S. The van der Waals surface area contributed by atoms with Crippen molar-refractivity contribution in [3.8, 4) is 0 Å². The summed E-state index contributed by atoms with van der Waals surface area (Å²) in [5.41, 5.74) is 2.09. The highest BCUT2D eigenvalue weighted by atomic mass is 32.1. The van der Waals surface area contributed by atoms with Gasteiger partial charge < -0.3 is 4.84 Å². The van der Waals surface area contributed by atoms with Crippen LogP contribution in [-0.2, 0) is 0 Å². The van der Waals surface area contributed by atoms with Gasteiger partial charge in [0.15, 0.2) is 0 Å². The van der Waals surface area contributed by atoms with E-state index in [-0.39, 0.29) is 4.87 Å². The molecule has 2 aromatic rings. The Morgan fingerprint density at radius 3 is 2.73 bits per heavy atom. The van der Waals surface area contributed by atoms with Crippen molar-refractivity contribution in [1.29, 1.82) is 0 Å². The van der Waals surface area contributed by atoms with Crippen LogP contribution in [0.15, 0.2) is 23.0 Å². The molecule has 0 unspecified atom stereocenters. The molecular weight excluding hydrogens is 210 g/mol. The van der Waals surface area contributed by atoms with Crippen molar-refractivity contribution < 1.29 is 4.84 Å². The van der Waals surface area contributed by atoms with Crippen molar-refractivity contribution >= 4 is 21.6 Å². The first-order valence-corrected chi connectivity index (χ1v) is 5.65. The molecule has 0 saturated carbocycles. The summed E-state index contributed by atoms with van der Waals surface area (Å²) in [4.78, 5) is 16.4. The second kappa shape index (κ2) is 3.70. The molecule has 0 aliphatic carbocycles. The Labute approximate surface area is 91.9 Å². The van der Waals surface area contributed by atoms with Crippen molar-refractivity contribution in [1.82, 2.24) is 4.73 Å². The fourth-order valence-corrected chi connectivity index (χ4v) is 2.44. The fourth-order valence-electron chi connectivity index (χ4n) is 1.55. The highest BCUT2D eigenvalue weighted by molar-refractivity contribution is 7.16. The highest BCUT2D eigenvalue weighted by Gasteiger charge is 2.08. The van der Waals surface area contributed by atoms with Crippen molar-refractivity contribution in [2.45, 2.75) is 19.8 Å². The standard InChI is InChI=1S/C11H13NO2S/c1-7(2)8-4-5-9-10(6-8)15-11(13)12(9)14-3/h4-7H,1-3H3. The number of benzene rings is 1. The molecule has 15 heavy (non-hydrogen) atoms. The first-order chi connectivity index (χ1) is 7.13. The first kappa shape index (κ1) is 10.2. The Morgan fingerprint density at radius 2 is 2.13 bits per heavy atom. The Hall–Kier alpha value is -1.29. The van der Waals surface area contributed by atoms with E-state index in [0.717, 1.165) is 10.2 Å². The SMILES string of the molecule is COn1c(=O)sc2cc(C(C)C)ccc21. The zero-order valence-corrected chi connectivity index (χ0v) is 9.80. The number of hydrogen-bond donors (Lipinski definition) is 0. The minimum Gasteiger partial charge on any atom is -0.413 e. The average molecular weight is 223 g/mol. The van der Waals surface area contributed by atoms with Crippen LogP contribution in [0.2, 0.25) is 0 Å². The minimum atomic E-state index is -0.0755. The molecule has 1 heterocycles. The summed E-state index contributed by atoms with van der Waals surface area (Å²) in [5.74, 6) is 0.475. The molecule has 0 spiro atoms. The van der Waals surface area contributed by atoms with Gasteiger partial charge in [-0.05, 0) is 23.6 Å². The van der Waals surface area contributed by atoms with Crippen LogP contribution >= 0.6 is 11.3 Å². The zero-order valence-electron chi connectivity index (χ0n) is 8.98. The normalized spacial score (nSPS) is 11.2. The van der Waals surface area contributed by atoms with Gasteiger partial charge in [0.05, 0.1) is 4.70 Å². The Kier molecular flexibility index (Phi) is 2.52. The van der Waals surface area contributed by atoms with Crippen LogP contribution in [0.25, 0.3) is 10.2 Å². The maximum Gasteiger partial charge on any atom is 0.340 e. The van der Waals surface area contributed by atoms with Crippen molar-refractivity contribution in [3.63, 3.8) is 0 Å². The minimum absolute atomic E-state index is 0.0755. The number of nitrogens with zero attached hydrogens (tertiary/aromatic N) is 1. The maximum absolute atomic E-state index is 11.5. The lowest BCUT2D eigenvalue weighted by atomic mass is 10.0. The molecule has 0 radical (unpaired) electrons. The summed E-state index contributed by atoms with van der Waals surface area (Å²) in [6.45, 7) is 4.27. The van der Waals surface area contributed by atoms with Crippen molar-refractivity contribution in [3.05, 3.63) is 33.4 Å². The van der Waals surface area contributed by atoms with Crippen LogP contribution in [0.5, 0.6) is 0 Å². The molecule has 3 nitrogen and oxygen atoms in total. The molecule has 2 rings (SSSR count). The third-order valence-corrected chi connectivity index (χ3v) is 3.30. The van der Waals surface area contributed by atoms with E-state index in [4.69, 9.17) is 4.84 Å². The van der Waals surface area contributed by atoms with Gasteiger partial charge in [-0.1, -0.05) is 31.3 Å². The molecule has 80 valence electrons. The average Bonchev–Trinajstić information content (AvgIpc) is 2.51. The summed E-state index contributed by atoms with van der Waals surface area (Å²) < 4.78 is 2.30. The quantitative estimate of drug-likeness (QED) is 0.782. The second-order valence-electron chi connectivity index (χ2n) is 3.73. The van der Waals surface area contributed by atoms with Crippen LogP contribution in [0.3, 0.4) is 0 Å². The monoisotopic (exact) mass is 223 g/mol. The second-order valence-corrected chi connectivity index (χ2v) is 4.72. The van der Waals surface area contributed by atoms with Crippen LogP contribution < -0.4 is 9.71 Å². The van der Waals surface area contributed by atoms with E-state index < -0.39 is 0 Å². The van der Waals surface area contributed by atoms with E-state index in [1.165, 1.54) is 28.7 Å². The van der Waals surface area contributed by atoms with Gasteiger partial charge in [-0.15, -0.1) is 4.73 Å². The molecule has 1 aromatic heterocycles. The lowest BCUT2D eigenvalue weighted by Crippen LogP contribution is -2.18. The summed E-state index contributed by atoms with van der Waals surface area (Å²) >= 11 is 1.22. The van der Waals surface area contributed by atoms with Crippen LogP contribution in [0.1, 0.15) is 25.3 Å². The fraction of sp³-hybridized carbons (Fsp3) is 0.364. The number of aromatic nitrogens is 1. The number of thiazole rings is 1. The third-order valence-electron chi connectivity index (χ3n) is 2.41. The van der Waals surface area contributed by atoms with Gasteiger partial charge >= 0.3 is 4.87 Å². The van der Waals surface area contributed by atoms with Gasteiger partial charge in [0.25, 0.3) is 0 Å². The predicted octanol–water partition coefficient (Wildman–Crippen LogP) is 2.24. The summed E-state index contributed by atoms with van der Waals surface area (Å²) in [7, 11) is 1.50. The smallest absolute Gasteiger partial charge is 0.340 e. The molecule has 0 atom stereocenters. The number of rotatable bonds is 2. The van der Waals surface area contributed by atoms with E-state index in [1.54, 1.807) is 0 Å². The van der Waals surface area contributed by atoms with Crippen molar-refractivity contribution in [2.24, 2.45) is 0 Å². The largest absolute Gasteiger partial charge is 0.413 e. The van der Waals surface area contributed by atoms with Gasteiger partial charge in [-0.25, -0.2) is 0 Å². The van der Waals surface area contributed by atoms with E-state index in [0.29, 0.717) is 5.92 Å². The van der Waals surface area contributed by atoms with Gasteiger partial charge in [0, 0.05) is 0 Å². The lowest BCUT2D eigenvalue weighted by molar-refractivity contribution is 0.173. The van der Waals surface area contributed by atoms with E-state index >= 15 is 0 Å². The van der Waals surface area contributed by atoms with Crippen LogP contribution in [0, 0.1) is 0 Å². The van der Waals surface area contributed by atoms with Gasteiger partial charge in [0.1, 0.15) is 12.6 Å². The Morgan fingerprint density at radius 1 is 1.40 bits per heavy atom. The Bertz CT molecular complexity index is 539. The van der Waals surface area contributed by atoms with Crippen molar-refractivity contribution in [2.75, 3.05) is 7.11 Å². The summed E-state index contributed by atoms with van der Waals surface area (Å²) in [5, 5.41) is 0. The predicted molar refractivity (Wildman–Crippen MR) is 62.7 cm³/mol. The summed E-state index contributed by atoms with van der Waals surface area (Å²) in [6.07, 6.45) is 0. The lowest BCUT2D eigenvalue weighted by Gasteiger charge is -2.05.